The largest absolute Gasteiger partial charge is 0.586 e. The SMILES string of the molecule is Cc1cc2c(cc1-c1cnc(NC(=O)c3cccn3C(C)C)cn1)OC(F)(F)O2. The van der Waals surface area contributed by atoms with E-state index in [1.54, 1.807) is 19.1 Å². The Balaban J connectivity index is 1.55. The van der Waals surface area contributed by atoms with Crippen LogP contribution in [0, 0.1) is 6.92 Å². The van der Waals surface area contributed by atoms with Crippen molar-refractivity contribution in [2.45, 2.75) is 33.1 Å². The number of carbonyl (C=O) groups excluding carboxylic acids is 1. The van der Waals surface area contributed by atoms with E-state index in [4.69, 9.17) is 0 Å². The van der Waals surface area contributed by atoms with Gasteiger partial charge in [-0.15, -0.1) is 8.78 Å². The van der Waals surface area contributed by atoms with Crippen molar-refractivity contribution in [3.05, 3.63) is 54.1 Å². The van der Waals surface area contributed by atoms with E-state index in [1.807, 2.05) is 24.6 Å². The average molecular weight is 400 g/mol. The Hall–Kier alpha value is -3.49. The van der Waals surface area contributed by atoms with Crippen molar-refractivity contribution < 1.29 is 23.0 Å². The first-order chi connectivity index (χ1) is 13.7. The molecule has 0 bridgehead atoms. The number of hydrogen-bond acceptors (Lipinski definition) is 5. The van der Waals surface area contributed by atoms with Crippen molar-refractivity contribution in [1.29, 1.82) is 0 Å². The first kappa shape index (κ1) is 18.9. The summed E-state index contributed by atoms with van der Waals surface area (Å²) in [4.78, 5) is 21.0. The number of amides is 1. The van der Waals surface area contributed by atoms with Crippen LogP contribution in [0.1, 0.15) is 35.9 Å². The minimum absolute atomic E-state index is 0.0266. The number of carbonyl (C=O) groups is 1. The van der Waals surface area contributed by atoms with Crippen molar-refractivity contribution in [3.8, 4) is 22.8 Å². The summed E-state index contributed by atoms with van der Waals surface area (Å²) in [7, 11) is 0. The van der Waals surface area contributed by atoms with Gasteiger partial charge in [-0.05, 0) is 50.6 Å². The van der Waals surface area contributed by atoms with Crippen LogP contribution in [0.4, 0.5) is 14.6 Å². The van der Waals surface area contributed by atoms with Gasteiger partial charge >= 0.3 is 6.29 Å². The van der Waals surface area contributed by atoms with Crippen LogP contribution in [-0.2, 0) is 0 Å². The van der Waals surface area contributed by atoms with E-state index < -0.39 is 6.29 Å². The molecule has 0 fully saturated rings. The molecule has 3 aromatic rings. The number of ether oxygens (including phenoxy) is 2. The number of nitrogens with zero attached hydrogens (tertiary/aromatic N) is 3. The highest BCUT2D eigenvalue weighted by Gasteiger charge is 2.43. The van der Waals surface area contributed by atoms with Gasteiger partial charge < -0.3 is 19.4 Å². The van der Waals surface area contributed by atoms with E-state index in [1.165, 1.54) is 24.5 Å². The minimum atomic E-state index is -3.68. The molecule has 1 aromatic carbocycles. The van der Waals surface area contributed by atoms with Crippen LogP contribution in [0.15, 0.2) is 42.9 Å². The summed E-state index contributed by atoms with van der Waals surface area (Å²) in [6, 6.07) is 6.56. The molecule has 29 heavy (non-hydrogen) atoms. The smallest absolute Gasteiger partial charge is 0.395 e. The Morgan fingerprint density at radius 3 is 2.55 bits per heavy atom. The normalized spacial score (nSPS) is 14.3. The molecule has 3 heterocycles. The number of anilines is 1. The third-order valence-corrected chi connectivity index (χ3v) is 4.49. The molecule has 4 rings (SSSR count). The molecular formula is C20H18F2N4O3. The zero-order valence-electron chi connectivity index (χ0n) is 15.9. The lowest BCUT2D eigenvalue weighted by molar-refractivity contribution is -0.286. The van der Waals surface area contributed by atoms with E-state index in [0.29, 0.717) is 22.5 Å². The van der Waals surface area contributed by atoms with E-state index in [9.17, 15) is 13.6 Å². The molecule has 1 amide bonds. The summed E-state index contributed by atoms with van der Waals surface area (Å²) >= 11 is 0. The van der Waals surface area contributed by atoms with Crippen LogP contribution in [0.2, 0.25) is 0 Å². The summed E-state index contributed by atoms with van der Waals surface area (Å²) in [6.07, 6.45) is 1.02. The van der Waals surface area contributed by atoms with Crippen molar-refractivity contribution in [2.75, 3.05) is 5.32 Å². The number of nitrogens with one attached hydrogen (secondary N) is 1. The molecule has 0 atom stereocenters. The molecule has 7 nitrogen and oxygen atoms in total. The molecule has 1 aliphatic rings. The fraction of sp³-hybridized carbons (Fsp3) is 0.250. The fourth-order valence-corrected chi connectivity index (χ4v) is 3.12. The van der Waals surface area contributed by atoms with Crippen LogP contribution in [-0.4, -0.2) is 26.7 Å². The van der Waals surface area contributed by atoms with Crippen molar-refractivity contribution in [2.24, 2.45) is 0 Å². The van der Waals surface area contributed by atoms with Crippen LogP contribution in [0.25, 0.3) is 11.3 Å². The van der Waals surface area contributed by atoms with Gasteiger partial charge in [-0.25, -0.2) is 4.98 Å². The second kappa shape index (κ2) is 6.84. The predicted octanol–water partition coefficient (Wildman–Crippen LogP) is 4.41. The second-order valence-corrected chi connectivity index (χ2v) is 6.92. The topological polar surface area (TPSA) is 78.3 Å². The number of benzene rings is 1. The molecule has 0 aliphatic carbocycles. The van der Waals surface area contributed by atoms with Crippen LogP contribution < -0.4 is 14.8 Å². The standard InChI is InChI=1S/C20H18F2N4O3/c1-11(2)26-6-4-5-15(26)19(27)25-18-10-23-14(9-24-18)13-8-17-16(7-12(13)3)28-20(21,22)29-17/h4-11H,1-3H3,(H,24,25,27). The first-order valence-corrected chi connectivity index (χ1v) is 8.94. The summed E-state index contributed by atoms with van der Waals surface area (Å²) in [5.41, 5.74) is 2.21. The van der Waals surface area contributed by atoms with Gasteiger partial charge in [0, 0.05) is 17.8 Å². The highest BCUT2D eigenvalue weighted by Crippen LogP contribution is 2.44. The van der Waals surface area contributed by atoms with Gasteiger partial charge in [-0.3, -0.25) is 9.78 Å². The monoisotopic (exact) mass is 400 g/mol. The highest BCUT2D eigenvalue weighted by atomic mass is 19.3. The molecule has 2 aromatic heterocycles. The maximum absolute atomic E-state index is 13.3. The maximum Gasteiger partial charge on any atom is 0.586 e. The molecule has 0 saturated carbocycles. The lowest BCUT2D eigenvalue weighted by Crippen LogP contribution is -2.25. The summed E-state index contributed by atoms with van der Waals surface area (Å²) in [5, 5.41) is 2.71. The van der Waals surface area contributed by atoms with Gasteiger partial charge in [0.2, 0.25) is 0 Å². The van der Waals surface area contributed by atoms with E-state index in [2.05, 4.69) is 24.8 Å². The maximum atomic E-state index is 13.3. The zero-order chi connectivity index (χ0) is 20.8. The van der Waals surface area contributed by atoms with Gasteiger partial charge in [0.25, 0.3) is 5.91 Å². The summed E-state index contributed by atoms with van der Waals surface area (Å²) in [5.74, 6) is -0.113. The van der Waals surface area contributed by atoms with E-state index in [0.717, 1.165) is 0 Å². The molecular weight excluding hydrogens is 382 g/mol. The first-order valence-electron chi connectivity index (χ1n) is 8.94. The van der Waals surface area contributed by atoms with Gasteiger partial charge in [0.15, 0.2) is 17.3 Å². The molecule has 0 saturated heterocycles. The van der Waals surface area contributed by atoms with Gasteiger partial charge in [0.05, 0.1) is 18.1 Å². The van der Waals surface area contributed by atoms with Gasteiger partial charge in [0.1, 0.15) is 5.69 Å². The second-order valence-electron chi connectivity index (χ2n) is 6.92. The molecule has 1 N–H and O–H groups in total. The summed E-state index contributed by atoms with van der Waals surface area (Å²) in [6.45, 7) is 5.71. The number of aryl methyl sites for hydroxylation is 1. The van der Waals surface area contributed by atoms with Crippen LogP contribution in [0.3, 0.4) is 0 Å². The average Bonchev–Trinajstić information content (AvgIpc) is 3.25. The van der Waals surface area contributed by atoms with E-state index >= 15 is 0 Å². The van der Waals surface area contributed by atoms with E-state index in [-0.39, 0.29) is 29.3 Å². The van der Waals surface area contributed by atoms with Crippen molar-refractivity contribution in [3.63, 3.8) is 0 Å². The summed E-state index contributed by atoms with van der Waals surface area (Å²) < 4.78 is 37.3. The molecule has 9 heteroatoms. The molecule has 0 radical (unpaired) electrons. The van der Waals surface area contributed by atoms with Crippen molar-refractivity contribution in [1.82, 2.24) is 14.5 Å². The Labute approximate surface area is 165 Å². The number of halogens is 2. The zero-order valence-corrected chi connectivity index (χ0v) is 15.9. The Bertz CT molecular complexity index is 1080. The van der Waals surface area contributed by atoms with Crippen molar-refractivity contribution >= 4 is 11.7 Å². The predicted molar refractivity (Wildman–Crippen MR) is 101 cm³/mol. The quantitative estimate of drug-likeness (QED) is 0.702. The van der Waals surface area contributed by atoms with Crippen LogP contribution in [0.5, 0.6) is 11.5 Å². The number of rotatable bonds is 4. The number of hydrogen-bond donors (Lipinski definition) is 1. The van der Waals surface area contributed by atoms with Gasteiger partial charge in [-0.2, -0.15) is 0 Å². The molecule has 150 valence electrons. The fourth-order valence-electron chi connectivity index (χ4n) is 3.12. The molecule has 1 aliphatic heterocycles. The van der Waals surface area contributed by atoms with Gasteiger partial charge in [-0.1, -0.05) is 0 Å². The third-order valence-electron chi connectivity index (χ3n) is 4.49. The lowest BCUT2D eigenvalue weighted by Gasteiger charge is -2.12. The highest BCUT2D eigenvalue weighted by molar-refractivity contribution is 6.02. The minimum Gasteiger partial charge on any atom is -0.395 e. The Morgan fingerprint density at radius 1 is 1.17 bits per heavy atom. The molecule has 0 spiro atoms. The Morgan fingerprint density at radius 2 is 1.90 bits per heavy atom. The third kappa shape index (κ3) is 3.63. The van der Waals surface area contributed by atoms with Crippen LogP contribution >= 0.6 is 0 Å². The number of alkyl halides is 2. The number of aromatic nitrogens is 3. The number of fused-ring (bicyclic) bond motifs is 1. The lowest BCUT2D eigenvalue weighted by atomic mass is 10.1. The Kier molecular flexibility index (Phi) is 4.45. The molecule has 0 unspecified atom stereocenters.